The fourth-order valence-electron chi connectivity index (χ4n) is 2.98. The van der Waals surface area contributed by atoms with E-state index in [1.165, 1.54) is 0 Å². The van der Waals surface area contributed by atoms with Crippen molar-refractivity contribution in [2.75, 3.05) is 25.0 Å². The van der Waals surface area contributed by atoms with Crippen LogP contribution in [0.1, 0.15) is 23.5 Å². The highest BCUT2D eigenvalue weighted by Gasteiger charge is 2.23. The summed E-state index contributed by atoms with van der Waals surface area (Å²) < 4.78 is 1.81. The zero-order valence-electron chi connectivity index (χ0n) is 14.4. The summed E-state index contributed by atoms with van der Waals surface area (Å²) in [5, 5.41) is 10.4. The minimum absolute atomic E-state index is 0.0429. The highest BCUT2D eigenvalue weighted by atomic mass is 32.1. The van der Waals surface area contributed by atoms with E-state index in [1.54, 1.807) is 20.9 Å². The molecule has 0 aromatic carbocycles. The van der Waals surface area contributed by atoms with Gasteiger partial charge in [0, 0.05) is 44.8 Å². The predicted octanol–water partition coefficient (Wildman–Crippen LogP) is 2.00. The van der Waals surface area contributed by atoms with Gasteiger partial charge in [-0.15, -0.1) is 11.3 Å². The number of hydrogen-bond acceptors (Lipinski definition) is 5. The Labute approximate surface area is 146 Å². The second-order valence-corrected chi connectivity index (χ2v) is 7.38. The Hall–Kier alpha value is -2.09. The smallest absolute Gasteiger partial charge is 0.317 e. The Morgan fingerprint density at radius 2 is 2.38 bits per heavy atom. The maximum Gasteiger partial charge on any atom is 0.317 e. The molecule has 1 N–H and O–H groups in total. The number of nitrogens with zero attached hydrogens (tertiary/aromatic N) is 5. The molecule has 1 fully saturated rings. The fourth-order valence-corrected chi connectivity index (χ4v) is 3.59. The third kappa shape index (κ3) is 4.05. The summed E-state index contributed by atoms with van der Waals surface area (Å²) in [6, 6.07) is 0.116. The molecule has 3 heterocycles. The third-order valence-electron chi connectivity index (χ3n) is 4.22. The van der Waals surface area contributed by atoms with Crippen LogP contribution in [0.15, 0.2) is 17.8 Å². The highest BCUT2D eigenvalue weighted by Crippen LogP contribution is 2.19. The van der Waals surface area contributed by atoms with Crippen molar-refractivity contribution < 1.29 is 4.79 Å². The summed E-state index contributed by atoms with van der Waals surface area (Å²) in [7, 11) is 3.73. The van der Waals surface area contributed by atoms with Crippen LogP contribution in [0.3, 0.4) is 0 Å². The molecular formula is C16H24N6OS. The van der Waals surface area contributed by atoms with Crippen LogP contribution >= 0.6 is 11.3 Å². The summed E-state index contributed by atoms with van der Waals surface area (Å²) >= 11 is 1.61. The summed E-state index contributed by atoms with van der Waals surface area (Å²) in [4.78, 5) is 20.8. The van der Waals surface area contributed by atoms with Crippen LogP contribution in [0.2, 0.25) is 0 Å². The van der Waals surface area contributed by atoms with E-state index < -0.39 is 0 Å². The molecule has 7 nitrogen and oxygen atoms in total. The van der Waals surface area contributed by atoms with Crippen LogP contribution in [-0.4, -0.2) is 51.9 Å². The Balaban J connectivity index is 1.53. The van der Waals surface area contributed by atoms with Crippen LogP contribution in [0.25, 0.3) is 0 Å². The third-order valence-corrected chi connectivity index (χ3v) is 5.04. The maximum atomic E-state index is 12.4. The molecule has 0 aliphatic carbocycles. The number of nitrogens with one attached hydrogen (secondary N) is 1. The zero-order valence-corrected chi connectivity index (χ0v) is 15.2. The monoisotopic (exact) mass is 348 g/mol. The fraction of sp³-hybridized carbons (Fsp3) is 0.562. The number of piperidine rings is 1. The van der Waals surface area contributed by atoms with Crippen molar-refractivity contribution in [2.24, 2.45) is 7.05 Å². The Kier molecular flexibility index (Phi) is 5.03. The standard InChI is InChI=1S/C16H24N6OS/c1-12-18-14(11-24-12)8-20(2)16(23)19-13-5-4-6-22(9-13)15-7-17-21(3)10-15/h7,10-11,13H,4-6,8-9H2,1-3H3,(H,19,23)/t13-/m0/s1. The van der Waals surface area contributed by atoms with Gasteiger partial charge in [0.2, 0.25) is 0 Å². The Bertz CT molecular complexity index is 696. The minimum atomic E-state index is -0.0429. The predicted molar refractivity (Wildman–Crippen MR) is 95.3 cm³/mol. The summed E-state index contributed by atoms with van der Waals surface area (Å²) in [6.07, 6.45) is 5.96. The second kappa shape index (κ2) is 7.21. The molecule has 8 heteroatoms. The van der Waals surface area contributed by atoms with E-state index in [0.717, 1.165) is 42.3 Å². The molecule has 0 unspecified atom stereocenters. The van der Waals surface area contributed by atoms with Gasteiger partial charge in [-0.1, -0.05) is 0 Å². The van der Waals surface area contributed by atoms with E-state index in [4.69, 9.17) is 0 Å². The molecule has 2 amide bonds. The van der Waals surface area contributed by atoms with Crippen molar-refractivity contribution in [3.05, 3.63) is 28.5 Å². The van der Waals surface area contributed by atoms with E-state index in [2.05, 4.69) is 20.3 Å². The second-order valence-electron chi connectivity index (χ2n) is 6.32. The molecule has 24 heavy (non-hydrogen) atoms. The molecule has 1 aliphatic heterocycles. The SMILES string of the molecule is Cc1nc(CN(C)C(=O)N[C@H]2CCCN(c3cnn(C)c3)C2)cs1. The van der Waals surface area contributed by atoms with E-state index in [1.807, 2.05) is 38.8 Å². The first-order valence-corrected chi connectivity index (χ1v) is 9.05. The van der Waals surface area contributed by atoms with Crippen LogP contribution in [0.5, 0.6) is 0 Å². The molecule has 2 aromatic rings. The number of carbonyl (C=O) groups is 1. The van der Waals surface area contributed by atoms with E-state index in [9.17, 15) is 4.79 Å². The number of rotatable bonds is 4. The minimum Gasteiger partial charge on any atom is -0.367 e. The van der Waals surface area contributed by atoms with Crippen molar-refractivity contribution >= 4 is 23.1 Å². The lowest BCUT2D eigenvalue weighted by molar-refractivity contribution is 0.200. The first kappa shape index (κ1) is 16.8. The maximum absolute atomic E-state index is 12.4. The quantitative estimate of drug-likeness (QED) is 0.918. The average Bonchev–Trinajstić information content (AvgIpc) is 3.16. The summed E-state index contributed by atoms with van der Waals surface area (Å²) in [6.45, 7) is 4.34. The molecule has 0 spiro atoms. The van der Waals surface area contributed by atoms with Gasteiger partial charge in [-0.25, -0.2) is 9.78 Å². The molecule has 0 radical (unpaired) electrons. The lowest BCUT2D eigenvalue weighted by Gasteiger charge is -2.34. The highest BCUT2D eigenvalue weighted by molar-refractivity contribution is 7.09. The Morgan fingerprint density at radius 3 is 3.04 bits per heavy atom. The van der Waals surface area contributed by atoms with Gasteiger partial charge in [-0.05, 0) is 19.8 Å². The Morgan fingerprint density at radius 1 is 1.54 bits per heavy atom. The van der Waals surface area contributed by atoms with Gasteiger partial charge >= 0.3 is 6.03 Å². The number of anilines is 1. The molecule has 0 saturated carbocycles. The summed E-state index contributed by atoms with van der Waals surface area (Å²) in [5.41, 5.74) is 2.05. The molecule has 2 aromatic heterocycles. The van der Waals surface area contributed by atoms with E-state index in [0.29, 0.717) is 6.54 Å². The van der Waals surface area contributed by atoms with Gasteiger partial charge in [0.15, 0.2) is 0 Å². The van der Waals surface area contributed by atoms with Crippen LogP contribution in [0, 0.1) is 6.92 Å². The molecule has 1 saturated heterocycles. The van der Waals surface area contributed by atoms with Crippen molar-refractivity contribution in [1.29, 1.82) is 0 Å². The van der Waals surface area contributed by atoms with Crippen LogP contribution in [0.4, 0.5) is 10.5 Å². The van der Waals surface area contributed by atoms with Crippen LogP contribution in [-0.2, 0) is 13.6 Å². The average molecular weight is 348 g/mol. The van der Waals surface area contributed by atoms with Gasteiger partial charge < -0.3 is 15.1 Å². The van der Waals surface area contributed by atoms with Gasteiger partial charge in [0.25, 0.3) is 0 Å². The number of thiazole rings is 1. The topological polar surface area (TPSA) is 66.3 Å². The molecule has 1 atom stereocenters. The van der Waals surface area contributed by atoms with Crippen molar-refractivity contribution in [2.45, 2.75) is 32.4 Å². The van der Waals surface area contributed by atoms with Gasteiger partial charge in [0.1, 0.15) is 0 Å². The number of aromatic nitrogens is 3. The summed E-state index contributed by atoms with van der Waals surface area (Å²) in [5.74, 6) is 0. The lowest BCUT2D eigenvalue weighted by Crippen LogP contribution is -2.50. The molecular weight excluding hydrogens is 324 g/mol. The van der Waals surface area contributed by atoms with Crippen molar-refractivity contribution in [3.8, 4) is 0 Å². The van der Waals surface area contributed by atoms with Gasteiger partial charge in [0.05, 0.1) is 29.1 Å². The lowest BCUT2D eigenvalue weighted by atomic mass is 10.1. The van der Waals surface area contributed by atoms with Crippen molar-refractivity contribution in [3.63, 3.8) is 0 Å². The molecule has 1 aliphatic rings. The van der Waals surface area contributed by atoms with Gasteiger partial charge in [-0.2, -0.15) is 5.10 Å². The molecule has 0 bridgehead atoms. The van der Waals surface area contributed by atoms with E-state index in [-0.39, 0.29) is 12.1 Å². The number of hydrogen-bond donors (Lipinski definition) is 1. The first-order valence-electron chi connectivity index (χ1n) is 8.17. The molecule has 130 valence electrons. The molecule has 3 rings (SSSR count). The zero-order chi connectivity index (χ0) is 17.1. The van der Waals surface area contributed by atoms with Gasteiger partial charge in [-0.3, -0.25) is 4.68 Å². The number of aryl methyl sites for hydroxylation is 2. The number of urea groups is 1. The van der Waals surface area contributed by atoms with Crippen LogP contribution < -0.4 is 10.2 Å². The largest absolute Gasteiger partial charge is 0.367 e. The number of carbonyl (C=O) groups excluding carboxylic acids is 1. The van der Waals surface area contributed by atoms with Crippen molar-refractivity contribution in [1.82, 2.24) is 25.0 Å². The normalized spacial score (nSPS) is 17.8. The number of amides is 2. The van der Waals surface area contributed by atoms with E-state index >= 15 is 0 Å². The first-order chi connectivity index (χ1) is 11.5.